The second-order valence-electron chi connectivity index (χ2n) is 8.30. The quantitative estimate of drug-likeness (QED) is 0.383. The van der Waals surface area contributed by atoms with Crippen molar-refractivity contribution in [1.82, 2.24) is 5.32 Å². The number of carbonyl (C=O) groups is 1. The molecule has 3 nitrogen and oxygen atoms in total. The molecule has 0 bridgehead atoms. The van der Waals surface area contributed by atoms with Gasteiger partial charge in [-0.25, -0.2) is 0 Å². The van der Waals surface area contributed by atoms with Crippen LogP contribution in [0, 0.1) is 11.8 Å². The first-order valence-corrected chi connectivity index (χ1v) is 9.66. The lowest BCUT2D eigenvalue weighted by atomic mass is 9.76. The first-order chi connectivity index (χ1) is 10.7. The monoisotopic (exact) mass is 338 g/mol. The molecule has 1 saturated heterocycles. The van der Waals surface area contributed by atoms with E-state index in [1.807, 2.05) is 7.48 Å². The van der Waals surface area contributed by atoms with Gasteiger partial charge in [-0.15, -0.1) is 0 Å². The number of hydrogen-bond donors (Lipinski definition) is 2. The van der Waals surface area contributed by atoms with Crippen LogP contribution in [0.5, 0.6) is 0 Å². The first kappa shape index (κ1) is 19.3. The normalized spacial score (nSPS) is 26.1. The maximum Gasteiger partial charge on any atom is 0.293 e. The smallest absolute Gasteiger partial charge is 0.293 e. The fraction of sp³-hybridized carbons (Fsp3) is 0.944. The third-order valence-corrected chi connectivity index (χ3v) is 6.45. The average Bonchev–Trinajstić information content (AvgIpc) is 2.83. The molecular weight excluding hydrogens is 305 g/mol. The van der Waals surface area contributed by atoms with Gasteiger partial charge in [0.2, 0.25) is 0 Å². The summed E-state index contributed by atoms with van der Waals surface area (Å²) in [6.45, 7) is 9.29. The summed E-state index contributed by atoms with van der Waals surface area (Å²) in [5.74, 6) is 1.35. The highest BCUT2D eigenvalue weighted by atomic mass is 32.1. The molecule has 23 heavy (non-hydrogen) atoms. The van der Waals surface area contributed by atoms with E-state index in [2.05, 4.69) is 45.6 Å². The lowest BCUT2D eigenvalue weighted by molar-refractivity contribution is -0.127. The van der Waals surface area contributed by atoms with Crippen molar-refractivity contribution in [2.45, 2.75) is 88.9 Å². The standard InChI is InChI=1S/C18H33BNO2S/c1-17(2,18(3,4)23)22-19-11-6-9-13-10-12-20-15(13)16(21)14-7-5-8-14/h13-15,20,23H,5-12H2,1-4H3. The van der Waals surface area contributed by atoms with Crippen molar-refractivity contribution in [3.05, 3.63) is 0 Å². The Kier molecular flexibility index (Phi) is 6.66. The van der Waals surface area contributed by atoms with Gasteiger partial charge in [0.15, 0.2) is 5.78 Å². The molecule has 2 atom stereocenters. The third kappa shape index (κ3) is 4.99. The summed E-state index contributed by atoms with van der Waals surface area (Å²) in [6, 6.07) is 0.119. The van der Waals surface area contributed by atoms with Gasteiger partial charge in [-0.05, 0) is 65.8 Å². The number of Topliss-reactive ketones (excluding diaryl/α,β-unsaturated/α-hetero) is 1. The average molecular weight is 338 g/mol. The van der Waals surface area contributed by atoms with Crippen LogP contribution in [0.15, 0.2) is 0 Å². The van der Waals surface area contributed by atoms with Crippen LogP contribution in [0.3, 0.4) is 0 Å². The van der Waals surface area contributed by atoms with Crippen LogP contribution in [0.25, 0.3) is 0 Å². The molecule has 131 valence electrons. The fourth-order valence-electron chi connectivity index (χ4n) is 3.22. The third-order valence-electron chi connectivity index (χ3n) is 5.91. The van der Waals surface area contributed by atoms with Crippen LogP contribution in [-0.2, 0) is 9.45 Å². The van der Waals surface area contributed by atoms with E-state index in [9.17, 15) is 4.79 Å². The predicted octanol–water partition coefficient (Wildman–Crippen LogP) is 3.66. The lowest BCUT2D eigenvalue weighted by Gasteiger charge is -2.38. The molecule has 0 aromatic rings. The topological polar surface area (TPSA) is 38.3 Å². The number of hydrogen-bond acceptors (Lipinski definition) is 4. The van der Waals surface area contributed by atoms with Crippen molar-refractivity contribution in [2.24, 2.45) is 11.8 Å². The molecule has 0 aromatic carbocycles. The largest absolute Gasteiger partial charge is 0.434 e. The van der Waals surface area contributed by atoms with Gasteiger partial charge in [0.1, 0.15) is 0 Å². The molecule has 0 amide bonds. The van der Waals surface area contributed by atoms with E-state index in [-0.39, 0.29) is 16.4 Å². The van der Waals surface area contributed by atoms with Crippen molar-refractivity contribution in [2.75, 3.05) is 6.54 Å². The van der Waals surface area contributed by atoms with Gasteiger partial charge in [-0.2, -0.15) is 12.6 Å². The van der Waals surface area contributed by atoms with Gasteiger partial charge in [0.25, 0.3) is 7.48 Å². The van der Waals surface area contributed by atoms with Gasteiger partial charge < -0.3 is 9.97 Å². The van der Waals surface area contributed by atoms with Crippen molar-refractivity contribution in [3.8, 4) is 0 Å². The minimum absolute atomic E-state index is 0.119. The van der Waals surface area contributed by atoms with Crippen molar-refractivity contribution in [3.63, 3.8) is 0 Å². The molecule has 1 N–H and O–H groups in total. The summed E-state index contributed by atoms with van der Waals surface area (Å²) < 4.78 is 5.73. The van der Waals surface area contributed by atoms with Crippen LogP contribution in [-0.4, -0.2) is 36.2 Å². The highest BCUT2D eigenvalue weighted by Gasteiger charge is 2.38. The van der Waals surface area contributed by atoms with Gasteiger partial charge in [-0.1, -0.05) is 19.2 Å². The molecule has 1 saturated carbocycles. The number of thiol groups is 1. The van der Waals surface area contributed by atoms with E-state index in [1.165, 1.54) is 6.42 Å². The maximum absolute atomic E-state index is 12.5. The zero-order valence-electron chi connectivity index (χ0n) is 15.2. The Morgan fingerprint density at radius 1 is 1.26 bits per heavy atom. The highest BCUT2D eigenvalue weighted by Crippen LogP contribution is 2.33. The Morgan fingerprint density at radius 2 is 1.96 bits per heavy atom. The van der Waals surface area contributed by atoms with E-state index >= 15 is 0 Å². The Labute approximate surface area is 148 Å². The van der Waals surface area contributed by atoms with Crippen LogP contribution in [0.2, 0.25) is 6.32 Å². The Bertz CT molecular complexity index is 404. The summed E-state index contributed by atoms with van der Waals surface area (Å²) in [4.78, 5) is 12.5. The number of nitrogens with one attached hydrogen (secondary N) is 1. The number of rotatable bonds is 9. The zero-order valence-corrected chi connectivity index (χ0v) is 16.1. The molecule has 0 aromatic heterocycles. The van der Waals surface area contributed by atoms with E-state index in [1.54, 1.807) is 0 Å². The van der Waals surface area contributed by atoms with Gasteiger partial charge in [0.05, 0.1) is 11.6 Å². The molecule has 2 aliphatic rings. The van der Waals surface area contributed by atoms with E-state index < -0.39 is 0 Å². The van der Waals surface area contributed by atoms with Crippen LogP contribution in [0.1, 0.15) is 66.2 Å². The molecular formula is C18H33BNO2S. The highest BCUT2D eigenvalue weighted by molar-refractivity contribution is 7.81. The van der Waals surface area contributed by atoms with Crippen LogP contribution in [0.4, 0.5) is 0 Å². The predicted molar refractivity (Wildman–Crippen MR) is 100 cm³/mol. The van der Waals surface area contributed by atoms with Gasteiger partial charge in [0, 0.05) is 10.7 Å². The Balaban J connectivity index is 1.66. The summed E-state index contributed by atoms with van der Waals surface area (Å²) in [6.07, 6.45) is 7.73. The van der Waals surface area contributed by atoms with E-state index in [0.29, 0.717) is 17.6 Å². The number of carbonyl (C=O) groups excluding carboxylic acids is 1. The summed E-state index contributed by atoms with van der Waals surface area (Å²) >= 11 is 4.61. The summed E-state index contributed by atoms with van der Waals surface area (Å²) in [5.41, 5.74) is -0.284. The second kappa shape index (κ2) is 7.92. The van der Waals surface area contributed by atoms with Crippen LogP contribution >= 0.6 is 12.6 Å². The molecule has 2 rings (SSSR count). The molecule has 1 aliphatic heterocycles. The molecule has 2 unspecified atom stereocenters. The molecule has 2 fully saturated rings. The van der Waals surface area contributed by atoms with E-state index in [0.717, 1.165) is 45.0 Å². The summed E-state index contributed by atoms with van der Waals surface area (Å²) in [5, 5.41) is 3.44. The molecule has 1 radical (unpaired) electrons. The molecule has 1 heterocycles. The van der Waals surface area contributed by atoms with Crippen molar-refractivity contribution in [1.29, 1.82) is 0 Å². The van der Waals surface area contributed by atoms with Crippen LogP contribution < -0.4 is 5.32 Å². The number of ketones is 1. The minimum Gasteiger partial charge on any atom is -0.434 e. The second-order valence-corrected chi connectivity index (χ2v) is 9.41. The van der Waals surface area contributed by atoms with Crippen molar-refractivity contribution < 1.29 is 9.45 Å². The fourth-order valence-corrected chi connectivity index (χ4v) is 3.28. The zero-order chi connectivity index (χ0) is 17.1. The van der Waals surface area contributed by atoms with Gasteiger partial charge in [-0.3, -0.25) is 4.79 Å². The maximum atomic E-state index is 12.5. The summed E-state index contributed by atoms with van der Waals surface area (Å²) in [7, 11) is 1.93. The Hall–Kier alpha value is 0.00494. The molecule has 1 aliphatic carbocycles. The van der Waals surface area contributed by atoms with Gasteiger partial charge >= 0.3 is 0 Å². The lowest BCUT2D eigenvalue weighted by Crippen LogP contribution is -2.44. The SMILES string of the molecule is CC(C)(S)C(C)(C)O[B]CCCC1CCNC1C(=O)C1CCC1. The molecule has 0 spiro atoms. The first-order valence-electron chi connectivity index (χ1n) is 9.21. The van der Waals surface area contributed by atoms with Crippen molar-refractivity contribution >= 4 is 25.9 Å². The molecule has 5 heteroatoms. The minimum atomic E-state index is -0.284. The van der Waals surface area contributed by atoms with E-state index in [4.69, 9.17) is 4.65 Å². The Morgan fingerprint density at radius 3 is 2.52 bits per heavy atom.